The molecule has 0 aliphatic carbocycles. The van der Waals surface area contributed by atoms with Crippen molar-refractivity contribution in [2.75, 3.05) is 17.2 Å². The highest BCUT2D eigenvalue weighted by Crippen LogP contribution is 2.29. The van der Waals surface area contributed by atoms with Gasteiger partial charge in [0.25, 0.3) is 11.8 Å². The quantitative estimate of drug-likeness (QED) is 0.0702. The summed E-state index contributed by atoms with van der Waals surface area (Å²) in [5, 5.41) is 6.29. The summed E-state index contributed by atoms with van der Waals surface area (Å²) < 4.78 is 60.6. The number of amides is 3. The molecule has 0 spiro atoms. The van der Waals surface area contributed by atoms with Crippen molar-refractivity contribution >= 4 is 46.9 Å². The molecule has 0 heterocycles. The highest BCUT2D eigenvalue weighted by molar-refractivity contribution is 8.00. The summed E-state index contributed by atoms with van der Waals surface area (Å²) >= 11 is 0.965. The van der Waals surface area contributed by atoms with Crippen LogP contribution in [0.15, 0.2) is 95.5 Å². The predicted octanol–water partition coefficient (Wildman–Crippen LogP) is 7.17. The van der Waals surface area contributed by atoms with E-state index >= 15 is 0 Å². The second-order valence-corrected chi connectivity index (χ2v) is 10.9. The van der Waals surface area contributed by atoms with Crippen molar-refractivity contribution in [3.05, 3.63) is 125 Å². The van der Waals surface area contributed by atoms with Crippen LogP contribution >= 0.6 is 11.8 Å². The third-order valence-electron chi connectivity index (χ3n) is 6.16. The lowest BCUT2D eigenvalue weighted by Crippen LogP contribution is -2.30. The van der Waals surface area contributed by atoms with E-state index in [0.717, 1.165) is 11.8 Å². The van der Waals surface area contributed by atoms with Crippen molar-refractivity contribution in [3.8, 4) is 5.75 Å². The zero-order valence-corrected chi connectivity index (χ0v) is 24.8. The molecule has 7 nitrogen and oxygen atoms in total. The third-order valence-corrected chi connectivity index (χ3v) is 7.26. The number of nitrogens with one attached hydrogen (secondary N) is 3. The molecule has 4 rings (SSSR count). The van der Waals surface area contributed by atoms with Gasteiger partial charge < -0.3 is 20.7 Å². The smallest absolute Gasteiger partial charge is 0.272 e. The molecule has 1 unspecified atom stereocenters. The normalized spacial score (nSPS) is 11.8. The summed E-state index contributed by atoms with van der Waals surface area (Å²) in [4.78, 5) is 39.4. The fourth-order valence-corrected chi connectivity index (χ4v) is 4.87. The number of hydrogen-bond acceptors (Lipinski definition) is 5. The minimum Gasteiger partial charge on any atom is -0.494 e. The van der Waals surface area contributed by atoms with E-state index in [0.29, 0.717) is 34.1 Å². The minimum absolute atomic E-state index is 0.0458. The number of thioether (sulfide) groups is 1. The average Bonchev–Trinajstić information content (AvgIpc) is 3.03. The maximum absolute atomic E-state index is 14.0. The second-order valence-electron chi connectivity index (χ2n) is 9.45. The summed E-state index contributed by atoms with van der Waals surface area (Å²) in [6.45, 7) is 3.77. The summed E-state index contributed by atoms with van der Waals surface area (Å²) in [5.74, 6) is -8.16. The van der Waals surface area contributed by atoms with Crippen LogP contribution in [-0.4, -0.2) is 29.6 Å². The van der Waals surface area contributed by atoms with E-state index in [1.807, 2.05) is 12.2 Å². The van der Waals surface area contributed by atoms with E-state index < -0.39 is 51.9 Å². The van der Waals surface area contributed by atoms with Crippen LogP contribution in [0.5, 0.6) is 5.75 Å². The van der Waals surface area contributed by atoms with Crippen molar-refractivity contribution in [2.45, 2.75) is 24.0 Å². The zero-order chi connectivity index (χ0) is 32.5. The molecule has 1 atom stereocenters. The molecule has 3 amide bonds. The fourth-order valence-electron chi connectivity index (χ4n) is 3.95. The molecule has 12 heteroatoms. The van der Waals surface area contributed by atoms with Gasteiger partial charge in [0.2, 0.25) is 5.91 Å². The molecule has 0 bridgehead atoms. The number of ether oxygens (including phenoxy) is 1. The molecule has 232 valence electrons. The molecular formula is C33H27F4N3O4S. The Morgan fingerprint density at radius 3 is 2.16 bits per heavy atom. The Kier molecular flexibility index (Phi) is 11.0. The van der Waals surface area contributed by atoms with Gasteiger partial charge in [0.15, 0.2) is 23.3 Å². The van der Waals surface area contributed by atoms with Crippen molar-refractivity contribution < 1.29 is 36.7 Å². The van der Waals surface area contributed by atoms with E-state index in [-0.39, 0.29) is 11.8 Å². The summed E-state index contributed by atoms with van der Waals surface area (Å²) in [5.41, 5.74) is -0.00420. The van der Waals surface area contributed by atoms with Crippen molar-refractivity contribution in [3.63, 3.8) is 0 Å². The van der Waals surface area contributed by atoms with Crippen LogP contribution in [0.2, 0.25) is 0 Å². The maximum Gasteiger partial charge on any atom is 0.272 e. The molecular weight excluding hydrogens is 610 g/mol. The molecule has 4 aromatic carbocycles. The number of halogens is 4. The van der Waals surface area contributed by atoms with Crippen molar-refractivity contribution in [1.82, 2.24) is 5.32 Å². The molecule has 0 aliphatic heterocycles. The van der Waals surface area contributed by atoms with E-state index in [2.05, 4.69) is 10.6 Å². The maximum atomic E-state index is 14.0. The van der Waals surface area contributed by atoms with Crippen LogP contribution in [0.25, 0.3) is 6.08 Å². The monoisotopic (exact) mass is 637 g/mol. The molecule has 4 aromatic rings. The predicted molar refractivity (Wildman–Crippen MR) is 165 cm³/mol. The van der Waals surface area contributed by atoms with E-state index in [1.165, 1.54) is 13.0 Å². The van der Waals surface area contributed by atoms with Gasteiger partial charge in [-0.1, -0.05) is 36.4 Å². The summed E-state index contributed by atoms with van der Waals surface area (Å²) in [6.07, 6.45) is 1.50. The van der Waals surface area contributed by atoms with E-state index in [9.17, 15) is 31.9 Å². The highest BCUT2D eigenvalue weighted by Gasteiger charge is 2.24. The molecule has 45 heavy (non-hydrogen) atoms. The molecule has 0 aliphatic rings. The van der Waals surface area contributed by atoms with Crippen LogP contribution in [0.3, 0.4) is 0 Å². The Hall–Kier alpha value is -5.10. The highest BCUT2D eigenvalue weighted by atomic mass is 32.2. The van der Waals surface area contributed by atoms with Gasteiger partial charge >= 0.3 is 0 Å². The fraction of sp³-hybridized carbons (Fsp3) is 0.121. The van der Waals surface area contributed by atoms with Crippen LogP contribution in [0.1, 0.15) is 29.8 Å². The summed E-state index contributed by atoms with van der Waals surface area (Å²) in [6, 6.07) is 21.7. The standard InChI is InChI=1S/C33H27F4N3O4S/c1-3-44-23-14-12-20(13-15-23)16-27(39-32(42)21-8-5-4-6-9-21)33(43)38-22-10-7-11-24(17-22)45-19(2)31(41)40-30-28(36)25(34)18-26(35)29(30)37/h4-19H,3H2,1-2H3,(H,38,43)(H,39,42)(H,40,41)/b27-16+. The second kappa shape index (κ2) is 15.1. The van der Waals surface area contributed by atoms with Crippen molar-refractivity contribution in [1.29, 1.82) is 0 Å². The number of benzene rings is 4. The molecule has 0 radical (unpaired) electrons. The molecule has 0 saturated heterocycles. The Balaban J connectivity index is 1.50. The van der Waals surface area contributed by atoms with Gasteiger partial charge in [-0.3, -0.25) is 14.4 Å². The molecule has 0 saturated carbocycles. The number of carbonyl (C=O) groups is 3. The van der Waals surface area contributed by atoms with Gasteiger partial charge in [0.1, 0.15) is 17.1 Å². The van der Waals surface area contributed by atoms with E-state index in [1.54, 1.807) is 78.9 Å². The lowest BCUT2D eigenvalue weighted by Gasteiger charge is -2.15. The lowest BCUT2D eigenvalue weighted by molar-refractivity contribution is -0.115. The Bertz CT molecular complexity index is 1710. The SMILES string of the molecule is CCOc1ccc(/C=C(/NC(=O)c2ccccc2)C(=O)Nc2cccc(SC(C)C(=O)Nc3c(F)c(F)cc(F)c3F)c2)cc1. The third kappa shape index (κ3) is 8.73. The lowest BCUT2D eigenvalue weighted by atomic mass is 10.1. The average molecular weight is 638 g/mol. The minimum atomic E-state index is -1.72. The number of carbonyl (C=O) groups excluding carboxylic acids is 3. The van der Waals surface area contributed by atoms with Gasteiger partial charge in [0, 0.05) is 22.2 Å². The van der Waals surface area contributed by atoms with Gasteiger partial charge in [-0.15, -0.1) is 11.8 Å². The molecule has 3 N–H and O–H groups in total. The van der Waals surface area contributed by atoms with Crippen molar-refractivity contribution in [2.24, 2.45) is 0 Å². The first kappa shape index (κ1) is 32.8. The van der Waals surface area contributed by atoms with Gasteiger partial charge in [-0.05, 0) is 68.0 Å². The van der Waals surface area contributed by atoms with E-state index in [4.69, 9.17) is 4.74 Å². The number of anilines is 2. The topological polar surface area (TPSA) is 96.5 Å². The zero-order valence-electron chi connectivity index (χ0n) is 24.0. The van der Waals surface area contributed by atoms with Crippen LogP contribution in [0, 0.1) is 23.3 Å². The first-order chi connectivity index (χ1) is 21.5. The van der Waals surface area contributed by atoms with Crippen LogP contribution in [-0.2, 0) is 9.59 Å². The number of rotatable bonds is 11. The first-order valence-corrected chi connectivity index (χ1v) is 14.5. The Morgan fingerprint density at radius 1 is 0.844 bits per heavy atom. The van der Waals surface area contributed by atoms with Gasteiger partial charge in [0.05, 0.1) is 11.9 Å². The van der Waals surface area contributed by atoms with Gasteiger partial charge in [-0.25, -0.2) is 17.6 Å². The molecule has 0 aromatic heterocycles. The Labute approximate surface area is 260 Å². The summed E-state index contributed by atoms with van der Waals surface area (Å²) in [7, 11) is 0. The number of hydrogen-bond donors (Lipinski definition) is 3. The van der Waals surface area contributed by atoms with Crippen LogP contribution in [0.4, 0.5) is 28.9 Å². The first-order valence-electron chi connectivity index (χ1n) is 13.6. The largest absolute Gasteiger partial charge is 0.494 e. The van der Waals surface area contributed by atoms with Gasteiger partial charge in [-0.2, -0.15) is 0 Å². The Morgan fingerprint density at radius 2 is 1.51 bits per heavy atom. The molecule has 0 fully saturated rings. The van der Waals surface area contributed by atoms with Crippen LogP contribution < -0.4 is 20.7 Å².